The van der Waals surface area contributed by atoms with Gasteiger partial charge in [0.05, 0.1) is 18.1 Å². The first-order valence-electron chi connectivity index (χ1n) is 6.61. The molecule has 0 bridgehead atoms. The summed E-state index contributed by atoms with van der Waals surface area (Å²) in [5.74, 6) is 0.285. The number of aryl methyl sites for hydroxylation is 1. The third-order valence-electron chi connectivity index (χ3n) is 3.02. The Balaban J connectivity index is 1.89. The molecule has 3 rings (SSSR count). The lowest BCUT2D eigenvalue weighted by molar-refractivity contribution is 0.601. The molecule has 0 saturated heterocycles. The molecule has 0 amide bonds. The summed E-state index contributed by atoms with van der Waals surface area (Å²) in [7, 11) is -3.71. The van der Waals surface area contributed by atoms with Crippen LogP contribution in [-0.2, 0) is 10.0 Å². The van der Waals surface area contributed by atoms with Gasteiger partial charge in [-0.3, -0.25) is 4.72 Å². The minimum absolute atomic E-state index is 0.0830. The molecule has 2 heterocycles. The molecule has 0 fully saturated rings. The molecule has 22 heavy (non-hydrogen) atoms. The van der Waals surface area contributed by atoms with Crippen LogP contribution in [0.25, 0.3) is 5.69 Å². The quantitative estimate of drug-likeness (QED) is 0.802. The summed E-state index contributed by atoms with van der Waals surface area (Å²) >= 11 is 0. The van der Waals surface area contributed by atoms with Crippen molar-refractivity contribution in [1.82, 2.24) is 14.8 Å². The van der Waals surface area contributed by atoms with Crippen LogP contribution in [0.4, 0.5) is 5.82 Å². The van der Waals surface area contributed by atoms with Gasteiger partial charge in [0.15, 0.2) is 0 Å². The Bertz CT molecular complexity index is 889. The molecule has 2 aromatic heterocycles. The third-order valence-corrected chi connectivity index (χ3v) is 4.33. The van der Waals surface area contributed by atoms with Gasteiger partial charge in [-0.25, -0.2) is 18.1 Å². The van der Waals surface area contributed by atoms with E-state index in [9.17, 15) is 8.42 Å². The van der Waals surface area contributed by atoms with E-state index in [2.05, 4.69) is 14.8 Å². The second-order valence-electron chi connectivity index (χ2n) is 4.73. The summed E-state index contributed by atoms with van der Waals surface area (Å²) in [5.41, 5.74) is 1.53. The van der Waals surface area contributed by atoms with Gasteiger partial charge in [0.25, 0.3) is 10.0 Å². The van der Waals surface area contributed by atoms with E-state index < -0.39 is 10.0 Å². The van der Waals surface area contributed by atoms with Crippen molar-refractivity contribution in [2.24, 2.45) is 0 Å². The highest BCUT2D eigenvalue weighted by Gasteiger charge is 2.17. The average Bonchev–Trinajstić information content (AvgIpc) is 2.98. The van der Waals surface area contributed by atoms with E-state index in [-0.39, 0.29) is 10.7 Å². The maximum atomic E-state index is 12.4. The second kappa shape index (κ2) is 5.61. The Morgan fingerprint density at radius 2 is 1.82 bits per heavy atom. The SMILES string of the molecule is Cc1cccc(NS(=O)(=O)c2cnn(-c3ccccc3)c2)n1. The number of nitrogens with zero attached hydrogens (tertiary/aromatic N) is 3. The largest absolute Gasteiger partial charge is 0.266 e. The fraction of sp³-hybridized carbons (Fsp3) is 0.0667. The zero-order valence-electron chi connectivity index (χ0n) is 11.8. The van der Waals surface area contributed by atoms with Gasteiger partial charge in [-0.1, -0.05) is 24.3 Å². The van der Waals surface area contributed by atoms with E-state index in [4.69, 9.17) is 0 Å². The van der Waals surface area contributed by atoms with Crippen molar-refractivity contribution in [1.29, 1.82) is 0 Å². The third kappa shape index (κ3) is 2.99. The Labute approximate surface area is 128 Å². The molecule has 0 atom stereocenters. The van der Waals surface area contributed by atoms with Crippen LogP contribution in [0.2, 0.25) is 0 Å². The highest BCUT2D eigenvalue weighted by atomic mass is 32.2. The van der Waals surface area contributed by atoms with Crippen molar-refractivity contribution in [3.8, 4) is 5.69 Å². The smallest absolute Gasteiger partial charge is 0.263 e. The zero-order chi connectivity index (χ0) is 15.6. The summed E-state index contributed by atoms with van der Waals surface area (Å²) in [6, 6.07) is 14.4. The molecule has 0 saturated carbocycles. The summed E-state index contributed by atoms with van der Waals surface area (Å²) in [6.07, 6.45) is 2.78. The lowest BCUT2D eigenvalue weighted by atomic mass is 10.3. The molecule has 3 aromatic rings. The first-order valence-corrected chi connectivity index (χ1v) is 8.09. The Morgan fingerprint density at radius 3 is 2.55 bits per heavy atom. The minimum atomic E-state index is -3.71. The van der Waals surface area contributed by atoms with Crippen LogP contribution < -0.4 is 4.72 Å². The average molecular weight is 314 g/mol. The lowest BCUT2D eigenvalue weighted by Crippen LogP contribution is -2.13. The summed E-state index contributed by atoms with van der Waals surface area (Å²) in [5, 5.41) is 4.09. The number of hydrogen-bond donors (Lipinski definition) is 1. The minimum Gasteiger partial charge on any atom is -0.263 e. The maximum absolute atomic E-state index is 12.4. The van der Waals surface area contributed by atoms with Gasteiger partial charge < -0.3 is 0 Å². The van der Waals surface area contributed by atoms with Crippen LogP contribution in [0.3, 0.4) is 0 Å². The number of para-hydroxylation sites is 1. The van der Waals surface area contributed by atoms with Gasteiger partial charge in [0.2, 0.25) is 0 Å². The molecule has 112 valence electrons. The summed E-state index contributed by atoms with van der Waals surface area (Å²) in [4.78, 5) is 4.21. The van der Waals surface area contributed by atoms with Crippen molar-refractivity contribution in [2.45, 2.75) is 11.8 Å². The van der Waals surface area contributed by atoms with Crippen LogP contribution >= 0.6 is 0 Å². The molecule has 0 aliphatic rings. The first kappa shape index (κ1) is 14.3. The van der Waals surface area contributed by atoms with Gasteiger partial charge in [-0.2, -0.15) is 5.10 Å². The number of rotatable bonds is 4. The topological polar surface area (TPSA) is 76.9 Å². The molecular weight excluding hydrogens is 300 g/mol. The molecule has 0 aliphatic heterocycles. The van der Waals surface area contributed by atoms with Crippen LogP contribution in [0.5, 0.6) is 0 Å². The number of nitrogens with one attached hydrogen (secondary N) is 1. The number of aromatic nitrogens is 3. The van der Waals surface area contributed by atoms with Crippen LogP contribution in [0.15, 0.2) is 65.8 Å². The molecule has 0 radical (unpaired) electrons. The highest BCUT2D eigenvalue weighted by Crippen LogP contribution is 2.16. The number of pyridine rings is 1. The van der Waals surface area contributed by atoms with E-state index in [1.54, 1.807) is 25.1 Å². The summed E-state index contributed by atoms with van der Waals surface area (Å²) in [6.45, 7) is 1.80. The molecular formula is C15H14N4O2S. The fourth-order valence-electron chi connectivity index (χ4n) is 1.96. The van der Waals surface area contributed by atoms with E-state index in [1.165, 1.54) is 17.1 Å². The van der Waals surface area contributed by atoms with Crippen molar-refractivity contribution in [3.63, 3.8) is 0 Å². The highest BCUT2D eigenvalue weighted by molar-refractivity contribution is 7.92. The molecule has 7 heteroatoms. The van der Waals surface area contributed by atoms with Crippen molar-refractivity contribution < 1.29 is 8.42 Å². The van der Waals surface area contributed by atoms with E-state index in [0.29, 0.717) is 0 Å². The normalized spacial score (nSPS) is 11.3. The Morgan fingerprint density at radius 1 is 1.05 bits per heavy atom. The van der Waals surface area contributed by atoms with Crippen molar-refractivity contribution >= 4 is 15.8 Å². The molecule has 0 aliphatic carbocycles. The predicted octanol–water partition coefficient (Wildman–Crippen LogP) is 2.38. The van der Waals surface area contributed by atoms with Gasteiger partial charge in [-0.05, 0) is 31.2 Å². The van der Waals surface area contributed by atoms with Gasteiger partial charge >= 0.3 is 0 Å². The Kier molecular flexibility index (Phi) is 3.64. The number of benzene rings is 1. The standard InChI is InChI=1S/C15H14N4O2S/c1-12-6-5-9-15(17-12)18-22(20,21)14-10-16-19(11-14)13-7-3-2-4-8-13/h2-11H,1H3,(H,17,18). The number of hydrogen-bond acceptors (Lipinski definition) is 4. The molecule has 0 unspecified atom stereocenters. The van der Waals surface area contributed by atoms with E-state index in [1.807, 2.05) is 30.3 Å². The lowest BCUT2D eigenvalue weighted by Gasteiger charge is -2.05. The van der Waals surface area contributed by atoms with Gasteiger partial charge in [0.1, 0.15) is 10.7 Å². The van der Waals surface area contributed by atoms with Crippen LogP contribution in [0.1, 0.15) is 5.69 Å². The number of anilines is 1. The van der Waals surface area contributed by atoms with Crippen LogP contribution in [0, 0.1) is 6.92 Å². The predicted molar refractivity (Wildman–Crippen MR) is 83.3 cm³/mol. The van der Waals surface area contributed by atoms with E-state index >= 15 is 0 Å². The monoisotopic (exact) mass is 314 g/mol. The molecule has 1 aromatic carbocycles. The Hall–Kier alpha value is -2.67. The van der Waals surface area contributed by atoms with Gasteiger partial charge in [0, 0.05) is 5.69 Å². The summed E-state index contributed by atoms with van der Waals surface area (Å²) < 4.78 is 28.7. The maximum Gasteiger partial charge on any atom is 0.266 e. The fourth-order valence-corrected chi connectivity index (χ4v) is 2.89. The number of sulfonamides is 1. The van der Waals surface area contributed by atoms with E-state index in [0.717, 1.165) is 11.4 Å². The van der Waals surface area contributed by atoms with Gasteiger partial charge in [-0.15, -0.1) is 0 Å². The first-order chi connectivity index (χ1) is 10.5. The molecule has 6 nitrogen and oxygen atoms in total. The molecule has 0 spiro atoms. The zero-order valence-corrected chi connectivity index (χ0v) is 12.7. The molecule has 1 N–H and O–H groups in total. The van der Waals surface area contributed by atoms with Crippen molar-refractivity contribution in [2.75, 3.05) is 4.72 Å². The van der Waals surface area contributed by atoms with Crippen LogP contribution in [-0.4, -0.2) is 23.2 Å². The van der Waals surface area contributed by atoms with Crippen molar-refractivity contribution in [3.05, 3.63) is 66.6 Å². The second-order valence-corrected chi connectivity index (χ2v) is 6.41.